The lowest BCUT2D eigenvalue weighted by atomic mass is 10.2. The molecular weight excluding hydrogens is 342 g/mol. The molecule has 104 valence electrons. The number of carbonyl (C=O) groups is 1. The Labute approximate surface area is 118 Å². The van der Waals surface area contributed by atoms with Crippen molar-refractivity contribution in [2.75, 3.05) is 5.32 Å². The van der Waals surface area contributed by atoms with Crippen molar-refractivity contribution in [1.82, 2.24) is 10.2 Å². The van der Waals surface area contributed by atoms with Gasteiger partial charge in [-0.25, -0.2) is 8.78 Å². The van der Waals surface area contributed by atoms with Crippen molar-refractivity contribution in [2.45, 2.75) is 0 Å². The SMILES string of the molecule is O=C(Nc1cc(Br)c(F)cc1F)c1[nH]ncc1[N+](=O)[O-]. The largest absolute Gasteiger partial charge is 0.319 e. The van der Waals surface area contributed by atoms with Crippen LogP contribution in [0, 0.1) is 21.7 Å². The Morgan fingerprint density at radius 2 is 2.10 bits per heavy atom. The smallest absolute Gasteiger partial charge is 0.318 e. The number of aromatic nitrogens is 2. The molecule has 2 rings (SSSR count). The van der Waals surface area contributed by atoms with Crippen LogP contribution in [0.5, 0.6) is 0 Å². The Kier molecular flexibility index (Phi) is 3.74. The van der Waals surface area contributed by atoms with Gasteiger partial charge in [-0.3, -0.25) is 20.0 Å². The second-order valence-corrected chi connectivity index (χ2v) is 4.44. The highest BCUT2D eigenvalue weighted by Gasteiger charge is 2.23. The van der Waals surface area contributed by atoms with Crippen LogP contribution in [0.2, 0.25) is 0 Å². The number of benzene rings is 1. The van der Waals surface area contributed by atoms with Crippen molar-refractivity contribution < 1.29 is 18.5 Å². The van der Waals surface area contributed by atoms with Gasteiger partial charge in [-0.05, 0) is 22.0 Å². The molecule has 2 aromatic rings. The predicted octanol–water partition coefficient (Wildman–Crippen LogP) is 2.61. The Morgan fingerprint density at radius 1 is 1.40 bits per heavy atom. The molecule has 0 aliphatic carbocycles. The van der Waals surface area contributed by atoms with Gasteiger partial charge in [0.2, 0.25) is 5.69 Å². The lowest BCUT2D eigenvalue weighted by Crippen LogP contribution is -2.15. The number of nitrogens with one attached hydrogen (secondary N) is 2. The van der Waals surface area contributed by atoms with Crippen LogP contribution in [0.15, 0.2) is 22.8 Å². The van der Waals surface area contributed by atoms with E-state index in [1.165, 1.54) is 0 Å². The second-order valence-electron chi connectivity index (χ2n) is 3.59. The average molecular weight is 347 g/mol. The summed E-state index contributed by atoms with van der Waals surface area (Å²) in [7, 11) is 0. The Bertz CT molecular complexity index is 704. The van der Waals surface area contributed by atoms with Gasteiger partial charge in [0.15, 0.2) is 0 Å². The minimum Gasteiger partial charge on any atom is -0.318 e. The van der Waals surface area contributed by atoms with E-state index in [2.05, 4.69) is 31.4 Å². The van der Waals surface area contributed by atoms with Crippen molar-refractivity contribution in [3.63, 3.8) is 0 Å². The number of aromatic amines is 1. The van der Waals surface area contributed by atoms with Crippen molar-refractivity contribution >= 4 is 33.2 Å². The lowest BCUT2D eigenvalue weighted by Gasteiger charge is -2.06. The highest BCUT2D eigenvalue weighted by molar-refractivity contribution is 9.10. The molecule has 10 heteroatoms. The van der Waals surface area contributed by atoms with E-state index >= 15 is 0 Å². The van der Waals surface area contributed by atoms with Crippen molar-refractivity contribution in [3.8, 4) is 0 Å². The number of halogens is 3. The van der Waals surface area contributed by atoms with E-state index in [-0.39, 0.29) is 10.2 Å². The fourth-order valence-corrected chi connectivity index (χ4v) is 1.73. The number of hydrogen-bond donors (Lipinski definition) is 2. The molecule has 7 nitrogen and oxygen atoms in total. The van der Waals surface area contributed by atoms with E-state index in [0.29, 0.717) is 6.07 Å². The minimum atomic E-state index is -1.01. The van der Waals surface area contributed by atoms with Crippen molar-refractivity contribution in [2.24, 2.45) is 0 Å². The zero-order valence-electron chi connectivity index (χ0n) is 9.49. The Morgan fingerprint density at radius 3 is 2.75 bits per heavy atom. The molecule has 0 atom stereocenters. The first-order valence-corrected chi connectivity index (χ1v) is 5.83. The zero-order chi connectivity index (χ0) is 14.9. The molecule has 0 aliphatic rings. The summed E-state index contributed by atoms with van der Waals surface area (Å²) in [4.78, 5) is 21.6. The van der Waals surface area contributed by atoms with Gasteiger partial charge in [0, 0.05) is 6.07 Å². The molecule has 1 aromatic carbocycles. The molecule has 20 heavy (non-hydrogen) atoms. The number of carbonyl (C=O) groups excluding carboxylic acids is 1. The van der Waals surface area contributed by atoms with Crippen LogP contribution in [0.1, 0.15) is 10.5 Å². The van der Waals surface area contributed by atoms with Crippen LogP contribution in [0.25, 0.3) is 0 Å². The number of H-pyrrole nitrogens is 1. The summed E-state index contributed by atoms with van der Waals surface area (Å²) in [5.41, 5.74) is -1.31. The quantitative estimate of drug-likeness (QED) is 0.506. The molecule has 0 fully saturated rings. The number of rotatable bonds is 3. The van der Waals surface area contributed by atoms with Crippen LogP contribution < -0.4 is 5.32 Å². The number of hydrogen-bond acceptors (Lipinski definition) is 4. The van der Waals surface area contributed by atoms with Gasteiger partial charge in [0.05, 0.1) is 15.1 Å². The Balaban J connectivity index is 2.30. The van der Waals surface area contributed by atoms with Crippen LogP contribution in [-0.4, -0.2) is 21.0 Å². The van der Waals surface area contributed by atoms with Gasteiger partial charge in [0.25, 0.3) is 5.91 Å². The predicted molar refractivity (Wildman–Crippen MR) is 67.3 cm³/mol. The van der Waals surface area contributed by atoms with Gasteiger partial charge < -0.3 is 5.32 Å². The third kappa shape index (κ3) is 2.64. The van der Waals surface area contributed by atoms with Crippen molar-refractivity contribution in [3.05, 3.63) is 50.2 Å². The molecule has 0 saturated heterocycles. The van der Waals surface area contributed by atoms with E-state index in [9.17, 15) is 23.7 Å². The topological polar surface area (TPSA) is 101 Å². The summed E-state index contributed by atoms with van der Waals surface area (Å²) in [5, 5.41) is 18.2. The van der Waals surface area contributed by atoms with Gasteiger partial charge in [-0.1, -0.05) is 0 Å². The van der Waals surface area contributed by atoms with Crippen molar-refractivity contribution in [1.29, 1.82) is 0 Å². The van der Waals surface area contributed by atoms with Crippen LogP contribution in [0.4, 0.5) is 20.2 Å². The summed E-state index contributed by atoms with van der Waals surface area (Å²) < 4.78 is 26.4. The van der Waals surface area contributed by atoms with Crippen LogP contribution in [0.3, 0.4) is 0 Å². The maximum Gasteiger partial charge on any atom is 0.319 e. The third-order valence-corrected chi connectivity index (χ3v) is 2.91. The molecule has 1 aromatic heterocycles. The van der Waals surface area contributed by atoms with Gasteiger partial charge in [-0.2, -0.15) is 5.10 Å². The van der Waals surface area contributed by atoms with E-state index in [1.807, 2.05) is 0 Å². The first-order chi connectivity index (χ1) is 9.40. The van der Waals surface area contributed by atoms with Crippen LogP contribution >= 0.6 is 15.9 Å². The number of nitro groups is 1. The minimum absolute atomic E-state index is 0.0617. The molecule has 2 N–H and O–H groups in total. The molecule has 0 unspecified atom stereocenters. The van der Waals surface area contributed by atoms with E-state index in [4.69, 9.17) is 0 Å². The molecular formula is C10H5BrF2N4O3. The number of amides is 1. The molecule has 0 aliphatic heterocycles. The Hall–Kier alpha value is -2.36. The van der Waals surface area contributed by atoms with E-state index in [0.717, 1.165) is 12.3 Å². The maximum absolute atomic E-state index is 13.5. The molecule has 0 spiro atoms. The lowest BCUT2D eigenvalue weighted by molar-refractivity contribution is -0.385. The molecule has 1 amide bonds. The fourth-order valence-electron chi connectivity index (χ4n) is 1.39. The molecule has 0 radical (unpaired) electrons. The molecule has 0 bridgehead atoms. The molecule has 1 heterocycles. The third-order valence-electron chi connectivity index (χ3n) is 2.30. The van der Waals surface area contributed by atoms with Crippen LogP contribution in [-0.2, 0) is 0 Å². The number of nitrogens with zero attached hydrogens (tertiary/aromatic N) is 2. The van der Waals surface area contributed by atoms with Gasteiger partial charge >= 0.3 is 5.69 Å². The first-order valence-electron chi connectivity index (χ1n) is 5.04. The monoisotopic (exact) mass is 346 g/mol. The van der Waals surface area contributed by atoms with E-state index < -0.39 is 33.8 Å². The molecule has 0 saturated carbocycles. The summed E-state index contributed by atoms with van der Waals surface area (Å²) in [6.07, 6.45) is 0.853. The van der Waals surface area contributed by atoms with Gasteiger partial charge in [0.1, 0.15) is 17.8 Å². The highest BCUT2D eigenvalue weighted by atomic mass is 79.9. The average Bonchev–Trinajstić information content (AvgIpc) is 2.85. The highest BCUT2D eigenvalue weighted by Crippen LogP contribution is 2.24. The first kappa shape index (κ1) is 14.1. The number of anilines is 1. The summed E-state index contributed by atoms with van der Waals surface area (Å²) in [5.74, 6) is -2.82. The second kappa shape index (κ2) is 5.33. The summed E-state index contributed by atoms with van der Waals surface area (Å²) in [6.45, 7) is 0. The van der Waals surface area contributed by atoms with Gasteiger partial charge in [-0.15, -0.1) is 0 Å². The summed E-state index contributed by atoms with van der Waals surface area (Å²) >= 11 is 2.84. The zero-order valence-corrected chi connectivity index (χ0v) is 11.1. The fraction of sp³-hybridized carbons (Fsp3) is 0. The van der Waals surface area contributed by atoms with E-state index in [1.54, 1.807) is 0 Å². The summed E-state index contributed by atoms with van der Waals surface area (Å²) in [6, 6.07) is 1.58. The normalized spacial score (nSPS) is 10.3. The maximum atomic E-state index is 13.5. The standard InChI is InChI=1S/C10H5BrF2N4O3/c11-4-1-7(6(13)2-5(4)12)15-10(18)9-8(17(19)20)3-14-16-9/h1-3H,(H,14,16)(H,15,18).